The molecule has 1 N–H and O–H groups in total. The molecule has 78 valence electrons. The Bertz CT molecular complexity index is 299. The molecular formula is C11H15Cl2N. The molecule has 0 aromatic heterocycles. The van der Waals surface area contributed by atoms with Gasteiger partial charge in [0.25, 0.3) is 0 Å². The van der Waals surface area contributed by atoms with E-state index < -0.39 is 0 Å². The van der Waals surface area contributed by atoms with E-state index in [9.17, 15) is 0 Å². The molecule has 1 nitrogen and oxygen atoms in total. The summed E-state index contributed by atoms with van der Waals surface area (Å²) >= 11 is 11.9. The summed E-state index contributed by atoms with van der Waals surface area (Å²) in [4.78, 5) is 0. The highest BCUT2D eigenvalue weighted by atomic mass is 35.5. The lowest BCUT2D eigenvalue weighted by atomic mass is 10.2. The second kappa shape index (κ2) is 5.47. The molecular weight excluding hydrogens is 217 g/mol. The van der Waals surface area contributed by atoms with E-state index in [1.165, 1.54) is 0 Å². The van der Waals surface area contributed by atoms with Gasteiger partial charge in [-0.05, 0) is 25.5 Å². The lowest BCUT2D eigenvalue weighted by Gasteiger charge is -2.15. The summed E-state index contributed by atoms with van der Waals surface area (Å²) in [5, 5.41) is 4.54. The molecule has 1 rings (SSSR count). The normalized spacial score (nSPS) is 12.6. The molecule has 1 aromatic rings. The van der Waals surface area contributed by atoms with Crippen LogP contribution >= 0.6 is 23.2 Å². The van der Waals surface area contributed by atoms with Gasteiger partial charge in [-0.2, -0.15) is 0 Å². The number of benzene rings is 1. The molecule has 0 spiro atoms. The first kappa shape index (κ1) is 11.7. The Balaban J connectivity index is 2.71. The zero-order valence-electron chi connectivity index (χ0n) is 8.48. The van der Waals surface area contributed by atoms with Gasteiger partial charge in [-0.15, -0.1) is 0 Å². The third-order valence-corrected chi connectivity index (χ3v) is 2.89. The number of nitrogens with one attached hydrogen (secondary N) is 1. The largest absolute Gasteiger partial charge is 0.381 e. The third kappa shape index (κ3) is 3.07. The lowest BCUT2D eigenvalue weighted by Crippen LogP contribution is -2.14. The van der Waals surface area contributed by atoms with Crippen molar-refractivity contribution in [2.24, 2.45) is 0 Å². The minimum atomic E-state index is 0.427. The molecule has 0 bridgehead atoms. The summed E-state index contributed by atoms with van der Waals surface area (Å²) in [5.41, 5.74) is 0.917. The van der Waals surface area contributed by atoms with Crippen molar-refractivity contribution in [3.8, 4) is 0 Å². The standard InChI is InChI=1S/C11H15Cl2N/c1-3-5-8(2)14-10-7-4-6-9(12)11(10)13/h4,6-8,14H,3,5H2,1-2H3. The molecule has 0 saturated heterocycles. The maximum absolute atomic E-state index is 6.04. The molecule has 0 aliphatic rings. The van der Waals surface area contributed by atoms with Gasteiger partial charge in [0.15, 0.2) is 0 Å². The van der Waals surface area contributed by atoms with Crippen LogP contribution in [-0.2, 0) is 0 Å². The monoisotopic (exact) mass is 231 g/mol. The fourth-order valence-corrected chi connectivity index (χ4v) is 1.74. The van der Waals surface area contributed by atoms with Gasteiger partial charge in [0.2, 0.25) is 0 Å². The Labute approximate surface area is 95.4 Å². The number of anilines is 1. The van der Waals surface area contributed by atoms with Crippen LogP contribution in [0, 0.1) is 0 Å². The Morgan fingerprint density at radius 1 is 1.36 bits per heavy atom. The maximum atomic E-state index is 6.04. The maximum Gasteiger partial charge on any atom is 0.0823 e. The zero-order valence-corrected chi connectivity index (χ0v) is 9.99. The SMILES string of the molecule is CCCC(C)Nc1cccc(Cl)c1Cl. The highest BCUT2D eigenvalue weighted by Crippen LogP contribution is 2.30. The van der Waals surface area contributed by atoms with Crippen molar-refractivity contribution in [3.63, 3.8) is 0 Å². The average molecular weight is 232 g/mol. The number of rotatable bonds is 4. The summed E-state index contributed by atoms with van der Waals surface area (Å²) in [7, 11) is 0. The van der Waals surface area contributed by atoms with E-state index in [4.69, 9.17) is 23.2 Å². The molecule has 1 atom stereocenters. The fourth-order valence-electron chi connectivity index (χ4n) is 1.39. The third-order valence-electron chi connectivity index (χ3n) is 2.08. The molecule has 3 heteroatoms. The van der Waals surface area contributed by atoms with Gasteiger partial charge in [-0.3, -0.25) is 0 Å². The van der Waals surface area contributed by atoms with Crippen LogP contribution in [0.2, 0.25) is 10.0 Å². The van der Waals surface area contributed by atoms with Crippen LogP contribution in [0.5, 0.6) is 0 Å². The Hall–Kier alpha value is -0.400. The minimum absolute atomic E-state index is 0.427. The van der Waals surface area contributed by atoms with Crippen LogP contribution < -0.4 is 5.32 Å². The van der Waals surface area contributed by atoms with E-state index in [1.54, 1.807) is 6.07 Å². The second-order valence-corrected chi connectivity index (χ2v) is 4.22. The molecule has 14 heavy (non-hydrogen) atoms. The molecule has 1 aromatic carbocycles. The average Bonchev–Trinajstić information content (AvgIpc) is 2.13. The van der Waals surface area contributed by atoms with Gasteiger partial charge in [-0.25, -0.2) is 0 Å². The summed E-state index contributed by atoms with van der Waals surface area (Å²) in [6.45, 7) is 4.30. The van der Waals surface area contributed by atoms with Gasteiger partial charge in [-0.1, -0.05) is 42.6 Å². The van der Waals surface area contributed by atoms with Crippen LogP contribution in [-0.4, -0.2) is 6.04 Å². The fraction of sp³-hybridized carbons (Fsp3) is 0.455. The topological polar surface area (TPSA) is 12.0 Å². The van der Waals surface area contributed by atoms with Crippen molar-refractivity contribution < 1.29 is 0 Å². The van der Waals surface area contributed by atoms with Crippen LogP contribution in [0.15, 0.2) is 18.2 Å². The molecule has 0 amide bonds. The minimum Gasteiger partial charge on any atom is -0.381 e. The van der Waals surface area contributed by atoms with Crippen molar-refractivity contribution in [2.75, 3.05) is 5.32 Å². The predicted octanol–water partition coefficient (Wildman–Crippen LogP) is 4.59. The molecule has 0 aliphatic carbocycles. The van der Waals surface area contributed by atoms with E-state index in [2.05, 4.69) is 19.2 Å². The molecule has 1 unspecified atom stereocenters. The van der Waals surface area contributed by atoms with E-state index in [1.807, 2.05) is 12.1 Å². The summed E-state index contributed by atoms with van der Waals surface area (Å²) < 4.78 is 0. The smallest absolute Gasteiger partial charge is 0.0823 e. The number of hydrogen-bond acceptors (Lipinski definition) is 1. The number of hydrogen-bond donors (Lipinski definition) is 1. The van der Waals surface area contributed by atoms with Gasteiger partial charge in [0.1, 0.15) is 0 Å². The highest BCUT2D eigenvalue weighted by Gasteiger charge is 2.06. The Morgan fingerprint density at radius 2 is 2.07 bits per heavy atom. The van der Waals surface area contributed by atoms with Gasteiger partial charge in [0, 0.05) is 6.04 Å². The first-order chi connectivity index (χ1) is 6.65. The molecule has 0 heterocycles. The second-order valence-electron chi connectivity index (χ2n) is 3.44. The Kier molecular flexibility index (Phi) is 4.56. The van der Waals surface area contributed by atoms with Crippen LogP contribution in [0.4, 0.5) is 5.69 Å². The summed E-state index contributed by atoms with van der Waals surface area (Å²) in [6.07, 6.45) is 2.29. The van der Waals surface area contributed by atoms with Crippen LogP contribution in [0.1, 0.15) is 26.7 Å². The van der Waals surface area contributed by atoms with E-state index in [-0.39, 0.29) is 0 Å². The van der Waals surface area contributed by atoms with Crippen molar-refractivity contribution in [1.82, 2.24) is 0 Å². The first-order valence-corrected chi connectivity index (χ1v) is 5.61. The number of halogens is 2. The molecule has 0 saturated carbocycles. The van der Waals surface area contributed by atoms with Crippen molar-refractivity contribution in [1.29, 1.82) is 0 Å². The summed E-state index contributed by atoms with van der Waals surface area (Å²) in [6, 6.07) is 6.06. The van der Waals surface area contributed by atoms with Crippen LogP contribution in [0.25, 0.3) is 0 Å². The lowest BCUT2D eigenvalue weighted by molar-refractivity contribution is 0.690. The zero-order chi connectivity index (χ0) is 10.6. The first-order valence-electron chi connectivity index (χ1n) is 4.85. The van der Waals surface area contributed by atoms with E-state index in [0.717, 1.165) is 18.5 Å². The highest BCUT2D eigenvalue weighted by molar-refractivity contribution is 6.43. The van der Waals surface area contributed by atoms with Crippen LogP contribution in [0.3, 0.4) is 0 Å². The van der Waals surface area contributed by atoms with Gasteiger partial charge < -0.3 is 5.32 Å². The van der Waals surface area contributed by atoms with Gasteiger partial charge >= 0.3 is 0 Å². The van der Waals surface area contributed by atoms with Crippen molar-refractivity contribution in [2.45, 2.75) is 32.7 Å². The Morgan fingerprint density at radius 3 is 2.71 bits per heavy atom. The predicted molar refractivity (Wildman–Crippen MR) is 64.5 cm³/mol. The van der Waals surface area contributed by atoms with Crippen molar-refractivity contribution in [3.05, 3.63) is 28.2 Å². The molecule has 0 radical (unpaired) electrons. The van der Waals surface area contributed by atoms with E-state index >= 15 is 0 Å². The van der Waals surface area contributed by atoms with Crippen molar-refractivity contribution >= 4 is 28.9 Å². The summed E-state index contributed by atoms with van der Waals surface area (Å²) in [5.74, 6) is 0. The van der Waals surface area contributed by atoms with E-state index in [0.29, 0.717) is 16.1 Å². The quantitative estimate of drug-likeness (QED) is 0.800. The molecule has 0 aliphatic heterocycles. The van der Waals surface area contributed by atoms with Gasteiger partial charge in [0.05, 0.1) is 15.7 Å². The molecule has 0 fully saturated rings.